The number of hydrogen-bond donors (Lipinski definition) is 2. The van der Waals surface area contributed by atoms with Crippen molar-refractivity contribution in [2.75, 3.05) is 19.7 Å². The highest BCUT2D eigenvalue weighted by molar-refractivity contribution is 5.91. The lowest BCUT2D eigenvalue weighted by molar-refractivity contribution is -0.118. The highest BCUT2D eigenvalue weighted by Gasteiger charge is 2.05. The molecule has 0 fully saturated rings. The third-order valence-electron chi connectivity index (χ3n) is 3.12. The van der Waals surface area contributed by atoms with Gasteiger partial charge in [-0.2, -0.15) is 0 Å². The van der Waals surface area contributed by atoms with E-state index in [2.05, 4.69) is 17.4 Å². The molecule has 0 heterocycles. The molecule has 0 aliphatic heterocycles. The fraction of sp³-hybridized carbons (Fsp3) is 0.312. The minimum Gasteiger partial charge on any atom is -0.492 e. The number of amides is 1. The Morgan fingerprint density at radius 3 is 2.70 bits per heavy atom. The summed E-state index contributed by atoms with van der Waals surface area (Å²) in [7, 11) is 0. The van der Waals surface area contributed by atoms with E-state index in [1.807, 2.05) is 24.3 Å². The predicted molar refractivity (Wildman–Crippen MR) is 80.9 cm³/mol. The van der Waals surface area contributed by atoms with Crippen molar-refractivity contribution < 1.29 is 9.53 Å². The van der Waals surface area contributed by atoms with Gasteiger partial charge in [-0.05, 0) is 23.4 Å². The zero-order valence-electron chi connectivity index (χ0n) is 11.7. The van der Waals surface area contributed by atoms with E-state index in [4.69, 9.17) is 10.5 Å². The molecule has 4 nitrogen and oxygen atoms in total. The normalized spacial score (nSPS) is 10.5. The Hall–Kier alpha value is -2.07. The van der Waals surface area contributed by atoms with Crippen LogP contribution in [0.2, 0.25) is 0 Å². The van der Waals surface area contributed by atoms with Crippen LogP contribution in [0.15, 0.2) is 36.4 Å². The van der Waals surface area contributed by atoms with Crippen molar-refractivity contribution in [1.82, 2.24) is 5.32 Å². The van der Waals surface area contributed by atoms with Crippen molar-refractivity contribution in [2.24, 2.45) is 5.73 Å². The molecule has 0 aliphatic carbocycles. The topological polar surface area (TPSA) is 64.3 Å². The van der Waals surface area contributed by atoms with Gasteiger partial charge < -0.3 is 15.8 Å². The molecule has 0 atom stereocenters. The molecule has 0 aliphatic rings. The largest absolute Gasteiger partial charge is 0.492 e. The van der Waals surface area contributed by atoms with Gasteiger partial charge >= 0.3 is 0 Å². The monoisotopic (exact) mass is 272 g/mol. The SMILES string of the molecule is CC(=O)NCCc1cccc2c(OCCN)cccc12. The number of hydrogen-bond acceptors (Lipinski definition) is 3. The summed E-state index contributed by atoms with van der Waals surface area (Å²) in [6.45, 7) is 3.18. The third kappa shape index (κ3) is 3.48. The maximum atomic E-state index is 10.9. The van der Waals surface area contributed by atoms with Crippen LogP contribution in [0.25, 0.3) is 10.8 Å². The molecule has 1 amide bonds. The van der Waals surface area contributed by atoms with Gasteiger partial charge in [-0.25, -0.2) is 0 Å². The summed E-state index contributed by atoms with van der Waals surface area (Å²) >= 11 is 0. The highest BCUT2D eigenvalue weighted by atomic mass is 16.5. The lowest BCUT2D eigenvalue weighted by atomic mass is 10.0. The molecule has 0 radical (unpaired) electrons. The van der Waals surface area contributed by atoms with Crippen molar-refractivity contribution in [3.8, 4) is 5.75 Å². The average molecular weight is 272 g/mol. The first-order valence-corrected chi connectivity index (χ1v) is 6.80. The Morgan fingerprint density at radius 2 is 1.95 bits per heavy atom. The molecular formula is C16H20N2O2. The van der Waals surface area contributed by atoms with E-state index >= 15 is 0 Å². The fourth-order valence-corrected chi connectivity index (χ4v) is 2.23. The Morgan fingerprint density at radius 1 is 1.20 bits per heavy atom. The second kappa shape index (κ2) is 6.91. The van der Waals surface area contributed by atoms with Crippen LogP contribution in [0.4, 0.5) is 0 Å². The van der Waals surface area contributed by atoms with Crippen molar-refractivity contribution >= 4 is 16.7 Å². The minimum atomic E-state index is -0.00259. The Balaban J connectivity index is 2.25. The van der Waals surface area contributed by atoms with Gasteiger partial charge in [0.25, 0.3) is 0 Å². The summed E-state index contributed by atoms with van der Waals surface area (Å²) in [4.78, 5) is 10.9. The molecule has 0 spiro atoms. The standard InChI is InChI=1S/C16H20N2O2/c1-12(19)18-10-8-13-4-2-6-15-14(13)5-3-7-16(15)20-11-9-17/h2-7H,8-11,17H2,1H3,(H,18,19). The van der Waals surface area contributed by atoms with Crippen molar-refractivity contribution in [3.05, 3.63) is 42.0 Å². The zero-order valence-corrected chi connectivity index (χ0v) is 11.7. The van der Waals surface area contributed by atoms with Gasteiger partial charge in [0.15, 0.2) is 0 Å². The Bertz CT molecular complexity index is 596. The summed E-state index contributed by atoms with van der Waals surface area (Å²) in [5, 5.41) is 5.07. The summed E-state index contributed by atoms with van der Waals surface area (Å²) < 4.78 is 5.67. The van der Waals surface area contributed by atoms with Crippen LogP contribution in [-0.2, 0) is 11.2 Å². The molecule has 0 saturated heterocycles. The number of nitrogens with one attached hydrogen (secondary N) is 1. The van der Waals surface area contributed by atoms with E-state index in [1.54, 1.807) is 0 Å². The molecule has 20 heavy (non-hydrogen) atoms. The van der Waals surface area contributed by atoms with Crippen molar-refractivity contribution in [1.29, 1.82) is 0 Å². The molecular weight excluding hydrogens is 252 g/mol. The van der Waals surface area contributed by atoms with Gasteiger partial charge in [0, 0.05) is 25.4 Å². The van der Waals surface area contributed by atoms with Crippen LogP contribution in [0, 0.1) is 0 Å². The van der Waals surface area contributed by atoms with Gasteiger partial charge in [0.1, 0.15) is 12.4 Å². The maximum absolute atomic E-state index is 10.9. The fourth-order valence-electron chi connectivity index (χ4n) is 2.23. The molecule has 106 valence electrons. The number of carbonyl (C=O) groups excluding carboxylic acids is 1. The molecule has 0 bridgehead atoms. The van der Waals surface area contributed by atoms with Crippen LogP contribution in [-0.4, -0.2) is 25.6 Å². The van der Waals surface area contributed by atoms with E-state index in [1.165, 1.54) is 12.5 Å². The van der Waals surface area contributed by atoms with Gasteiger partial charge in [0.2, 0.25) is 5.91 Å². The van der Waals surface area contributed by atoms with E-state index < -0.39 is 0 Å². The molecule has 3 N–H and O–H groups in total. The van der Waals surface area contributed by atoms with E-state index in [0.29, 0.717) is 19.7 Å². The Kier molecular flexibility index (Phi) is 4.96. The second-order valence-corrected chi connectivity index (χ2v) is 4.64. The van der Waals surface area contributed by atoms with E-state index in [9.17, 15) is 4.79 Å². The minimum absolute atomic E-state index is 0.00259. The average Bonchev–Trinajstić information content (AvgIpc) is 2.45. The summed E-state index contributed by atoms with van der Waals surface area (Å²) in [5.74, 6) is 0.853. The summed E-state index contributed by atoms with van der Waals surface area (Å²) in [5.41, 5.74) is 6.68. The number of nitrogens with two attached hydrogens (primary N) is 1. The summed E-state index contributed by atoms with van der Waals surface area (Å²) in [6, 6.07) is 12.2. The molecule has 0 saturated carbocycles. The first-order valence-electron chi connectivity index (χ1n) is 6.80. The zero-order chi connectivity index (χ0) is 14.4. The molecule has 0 aromatic heterocycles. The van der Waals surface area contributed by atoms with Gasteiger partial charge in [-0.3, -0.25) is 4.79 Å². The predicted octanol–water partition coefficient (Wildman–Crippen LogP) is 1.86. The van der Waals surface area contributed by atoms with E-state index in [0.717, 1.165) is 22.9 Å². The quantitative estimate of drug-likeness (QED) is 0.843. The smallest absolute Gasteiger partial charge is 0.216 e. The number of fused-ring (bicyclic) bond motifs is 1. The van der Waals surface area contributed by atoms with Crippen LogP contribution < -0.4 is 15.8 Å². The lowest BCUT2D eigenvalue weighted by Crippen LogP contribution is -2.22. The number of benzene rings is 2. The maximum Gasteiger partial charge on any atom is 0.216 e. The summed E-state index contributed by atoms with van der Waals surface area (Å²) in [6.07, 6.45) is 0.803. The number of carbonyl (C=O) groups is 1. The van der Waals surface area contributed by atoms with Gasteiger partial charge in [-0.15, -0.1) is 0 Å². The molecule has 2 rings (SSSR count). The molecule has 2 aromatic carbocycles. The molecule has 2 aromatic rings. The van der Waals surface area contributed by atoms with Crippen LogP contribution in [0.1, 0.15) is 12.5 Å². The lowest BCUT2D eigenvalue weighted by Gasteiger charge is -2.11. The van der Waals surface area contributed by atoms with Crippen molar-refractivity contribution in [2.45, 2.75) is 13.3 Å². The van der Waals surface area contributed by atoms with Crippen LogP contribution in [0.3, 0.4) is 0 Å². The second-order valence-electron chi connectivity index (χ2n) is 4.64. The Labute approximate surface area is 118 Å². The van der Waals surface area contributed by atoms with Gasteiger partial charge in [-0.1, -0.05) is 30.3 Å². The van der Waals surface area contributed by atoms with Gasteiger partial charge in [0.05, 0.1) is 0 Å². The van der Waals surface area contributed by atoms with Crippen LogP contribution in [0.5, 0.6) is 5.75 Å². The number of rotatable bonds is 6. The first-order chi connectivity index (χ1) is 9.72. The van der Waals surface area contributed by atoms with E-state index in [-0.39, 0.29) is 5.91 Å². The molecule has 4 heteroatoms. The molecule has 0 unspecified atom stereocenters. The third-order valence-corrected chi connectivity index (χ3v) is 3.12. The number of ether oxygens (including phenoxy) is 1. The van der Waals surface area contributed by atoms with Crippen molar-refractivity contribution in [3.63, 3.8) is 0 Å². The van der Waals surface area contributed by atoms with Crippen LogP contribution >= 0.6 is 0 Å². The first kappa shape index (κ1) is 14.3. The highest BCUT2D eigenvalue weighted by Crippen LogP contribution is 2.28.